The van der Waals surface area contributed by atoms with Crippen LogP contribution in [-0.2, 0) is 33.3 Å². The van der Waals surface area contributed by atoms with Gasteiger partial charge in [0.2, 0.25) is 11.6 Å². The van der Waals surface area contributed by atoms with Gasteiger partial charge < -0.3 is 40.3 Å². The van der Waals surface area contributed by atoms with E-state index in [0.717, 1.165) is 37.2 Å². The maximum atomic E-state index is 14.2. The van der Waals surface area contributed by atoms with Crippen LogP contribution in [0.5, 0.6) is 0 Å². The number of primary amides is 1. The third-order valence-electron chi connectivity index (χ3n) is 9.31. The number of ketones is 2. The molecule has 1 aliphatic carbocycles. The molecule has 0 aromatic rings. The van der Waals surface area contributed by atoms with Gasteiger partial charge in [0.15, 0.2) is 11.9 Å². The van der Waals surface area contributed by atoms with Gasteiger partial charge in [0.25, 0.3) is 5.91 Å². The predicted octanol–water partition coefficient (Wildman–Crippen LogP) is 4.83. The van der Waals surface area contributed by atoms with Crippen molar-refractivity contribution in [1.82, 2.24) is 10.4 Å². The van der Waals surface area contributed by atoms with Crippen molar-refractivity contribution in [2.24, 2.45) is 17.6 Å². The maximum Gasteiger partial charge on any atom is 0.405 e. The minimum absolute atomic E-state index is 0.0800. The zero-order valence-electron chi connectivity index (χ0n) is 31.5. The topological polar surface area (TPSA) is 187 Å². The zero-order chi connectivity index (χ0) is 38.2. The first-order valence-corrected chi connectivity index (χ1v) is 17.8. The van der Waals surface area contributed by atoms with Crippen molar-refractivity contribution in [2.45, 2.75) is 110 Å². The van der Waals surface area contributed by atoms with E-state index in [9.17, 15) is 29.5 Å². The number of hydrogen-bond donors (Lipinski definition) is 4. The van der Waals surface area contributed by atoms with Gasteiger partial charge in [-0.25, -0.2) is 4.79 Å². The SMILES string of the molecule is CCCCCCCCN(O)CC1=C2NC(=O)/C(C)=C\C=C\C(OC)C(OC(N)=O)/C(C)=C/C(C)C(O)C(OC)CC(C)CC(=C(OC)C1=O)C2=O. The van der Waals surface area contributed by atoms with E-state index in [0.29, 0.717) is 18.4 Å². The van der Waals surface area contributed by atoms with Crippen LogP contribution in [0.2, 0.25) is 0 Å². The number of carbonyl (C=O) groups excluding carboxylic acids is 4. The molecule has 1 heterocycles. The molecule has 2 bridgehead atoms. The molecule has 2 amide bonds. The number of carbonyl (C=O) groups is 4. The molecule has 0 spiro atoms. The average molecular weight is 718 g/mol. The Morgan fingerprint density at radius 1 is 1.02 bits per heavy atom. The molecule has 6 atom stereocenters. The Morgan fingerprint density at radius 3 is 2.29 bits per heavy atom. The second-order valence-electron chi connectivity index (χ2n) is 13.5. The number of aliphatic hydroxyl groups is 1. The number of amides is 2. The van der Waals surface area contributed by atoms with Gasteiger partial charge in [0.1, 0.15) is 6.10 Å². The third-order valence-corrected chi connectivity index (χ3v) is 9.31. The number of hydrogen-bond acceptors (Lipinski definition) is 11. The number of nitrogens with zero attached hydrogens (tertiary/aromatic N) is 1. The first-order chi connectivity index (χ1) is 24.2. The van der Waals surface area contributed by atoms with Crippen LogP contribution in [0.25, 0.3) is 0 Å². The lowest BCUT2D eigenvalue weighted by Crippen LogP contribution is -2.39. The van der Waals surface area contributed by atoms with E-state index in [1.165, 1.54) is 40.4 Å². The Morgan fingerprint density at radius 2 is 1.69 bits per heavy atom. The first kappa shape index (κ1) is 43.5. The van der Waals surface area contributed by atoms with Crippen LogP contribution < -0.4 is 11.1 Å². The third kappa shape index (κ3) is 12.8. The summed E-state index contributed by atoms with van der Waals surface area (Å²) in [5.74, 6) is -2.77. The Bertz CT molecular complexity index is 1380. The molecule has 1 aliphatic heterocycles. The van der Waals surface area contributed by atoms with Crippen LogP contribution in [0, 0.1) is 11.8 Å². The fourth-order valence-corrected chi connectivity index (χ4v) is 6.39. The number of ether oxygens (including phenoxy) is 4. The van der Waals surface area contributed by atoms with E-state index in [1.807, 2.05) is 6.92 Å². The van der Waals surface area contributed by atoms with Gasteiger partial charge in [-0.15, -0.1) is 0 Å². The van der Waals surface area contributed by atoms with Crippen molar-refractivity contribution < 1.29 is 48.4 Å². The van der Waals surface area contributed by atoms with Crippen molar-refractivity contribution in [2.75, 3.05) is 34.4 Å². The fraction of sp³-hybridized carbons (Fsp3) is 0.632. The highest BCUT2D eigenvalue weighted by molar-refractivity contribution is 6.25. The fourth-order valence-electron chi connectivity index (χ4n) is 6.39. The molecule has 0 fully saturated rings. The molecule has 2 aliphatic rings. The number of aliphatic hydroxyl groups excluding tert-OH is 1. The van der Waals surface area contributed by atoms with Gasteiger partial charge in [0, 0.05) is 43.4 Å². The summed E-state index contributed by atoms with van der Waals surface area (Å²) in [5.41, 5.74) is 5.91. The van der Waals surface area contributed by atoms with Gasteiger partial charge >= 0.3 is 6.09 Å². The van der Waals surface area contributed by atoms with Gasteiger partial charge in [0.05, 0.1) is 31.6 Å². The molecule has 6 unspecified atom stereocenters. The zero-order valence-corrected chi connectivity index (χ0v) is 31.5. The maximum absolute atomic E-state index is 14.2. The van der Waals surface area contributed by atoms with Crippen LogP contribution in [0.3, 0.4) is 0 Å². The number of allylic oxidation sites excluding steroid dienone is 4. The van der Waals surface area contributed by atoms with E-state index < -0.39 is 53.9 Å². The summed E-state index contributed by atoms with van der Waals surface area (Å²) >= 11 is 0. The Kier molecular flexibility index (Phi) is 18.5. The summed E-state index contributed by atoms with van der Waals surface area (Å²) in [7, 11) is 4.21. The lowest BCUT2D eigenvalue weighted by Gasteiger charge is -2.30. The van der Waals surface area contributed by atoms with Crippen molar-refractivity contribution in [3.05, 3.63) is 58.1 Å². The highest BCUT2D eigenvalue weighted by atomic mass is 16.6. The summed E-state index contributed by atoms with van der Waals surface area (Å²) in [5, 5.41) is 25.8. The Hall–Kier alpha value is -3.62. The molecule has 0 saturated carbocycles. The normalized spacial score (nSPS) is 28.6. The first-order valence-electron chi connectivity index (χ1n) is 17.8. The van der Waals surface area contributed by atoms with Crippen molar-refractivity contribution in [3.8, 4) is 0 Å². The van der Waals surface area contributed by atoms with Crippen LogP contribution in [0.4, 0.5) is 4.79 Å². The Labute approximate surface area is 302 Å². The molecular formula is C38H59N3O10. The minimum atomic E-state index is -1.02. The van der Waals surface area contributed by atoms with Crippen LogP contribution >= 0.6 is 0 Å². The summed E-state index contributed by atoms with van der Waals surface area (Å²) in [6.45, 7) is 9.02. The van der Waals surface area contributed by atoms with Gasteiger partial charge in [-0.2, -0.15) is 5.06 Å². The number of nitrogens with one attached hydrogen (secondary N) is 1. The molecule has 5 N–H and O–H groups in total. The lowest BCUT2D eigenvalue weighted by atomic mass is 9.83. The molecule has 0 radical (unpaired) electrons. The number of rotatable bonds is 13. The number of nitrogens with two attached hydrogens (primary N) is 1. The molecule has 0 saturated heterocycles. The minimum Gasteiger partial charge on any atom is -0.492 e. The molecule has 51 heavy (non-hydrogen) atoms. The van der Waals surface area contributed by atoms with Gasteiger partial charge in [-0.05, 0) is 44.6 Å². The largest absolute Gasteiger partial charge is 0.492 e. The summed E-state index contributed by atoms with van der Waals surface area (Å²) in [6, 6.07) is 0. The molecule has 13 nitrogen and oxygen atoms in total. The van der Waals surface area contributed by atoms with Crippen LogP contribution in [-0.4, -0.2) is 97.8 Å². The average Bonchev–Trinajstić information content (AvgIpc) is 3.09. The smallest absolute Gasteiger partial charge is 0.405 e. The summed E-state index contributed by atoms with van der Waals surface area (Å²) in [4.78, 5) is 53.5. The quantitative estimate of drug-likeness (QED) is 0.0885. The highest BCUT2D eigenvalue weighted by Crippen LogP contribution is 2.32. The van der Waals surface area contributed by atoms with E-state index >= 15 is 0 Å². The molecule has 286 valence electrons. The number of Topliss-reactive ketones (excluding diaryl/α,β-unsaturated/α-hetero) is 2. The van der Waals surface area contributed by atoms with Crippen LogP contribution in [0.1, 0.15) is 86.0 Å². The predicted molar refractivity (Wildman–Crippen MR) is 192 cm³/mol. The molecule has 0 aromatic heterocycles. The Balaban J connectivity index is 2.63. The summed E-state index contributed by atoms with van der Waals surface area (Å²) in [6.07, 6.45) is 8.25. The van der Waals surface area contributed by atoms with Crippen molar-refractivity contribution in [1.29, 1.82) is 0 Å². The highest BCUT2D eigenvalue weighted by Gasteiger charge is 2.38. The van der Waals surface area contributed by atoms with Gasteiger partial charge in [-0.1, -0.05) is 77.2 Å². The molecular weight excluding hydrogens is 658 g/mol. The summed E-state index contributed by atoms with van der Waals surface area (Å²) < 4.78 is 22.2. The number of hydroxylamine groups is 2. The number of methoxy groups -OCH3 is 3. The monoisotopic (exact) mass is 717 g/mol. The van der Waals surface area contributed by atoms with Crippen LogP contribution in [0.15, 0.2) is 58.1 Å². The van der Waals surface area contributed by atoms with E-state index in [-0.39, 0.29) is 53.6 Å². The van der Waals surface area contributed by atoms with Crippen molar-refractivity contribution >= 4 is 23.6 Å². The van der Waals surface area contributed by atoms with E-state index in [4.69, 9.17) is 24.7 Å². The second kappa shape index (κ2) is 21.7. The lowest BCUT2D eigenvalue weighted by molar-refractivity contribution is -0.123. The van der Waals surface area contributed by atoms with E-state index in [1.54, 1.807) is 26.0 Å². The standard InChI is InChI=1S/C38H59N3O10/c1-9-10-11-12-13-14-18-41(47)22-28-31-33(43)27(36(50-8)34(28)44)19-23(2)20-30(49-7)32(42)25(4)21-26(5)35(51-38(39)46)29(48-6)17-15-16-24(3)37(45)40-31/h15-17,21,23,25,29-30,32,35,42,47H,9-14,18-20,22H2,1-8H3,(H2,39,46)(H,40,45)/b17-15+,24-16-,26-21+. The van der Waals surface area contributed by atoms with Crippen molar-refractivity contribution in [3.63, 3.8) is 0 Å². The second-order valence-corrected chi connectivity index (χ2v) is 13.5. The molecule has 0 aromatic carbocycles. The number of fused-ring (bicyclic) bond motifs is 2. The molecule has 13 heteroatoms. The molecule has 2 rings (SSSR count). The van der Waals surface area contributed by atoms with E-state index in [2.05, 4.69) is 12.2 Å². The van der Waals surface area contributed by atoms with Gasteiger partial charge in [-0.3, -0.25) is 14.4 Å². The number of unbranched alkanes of at least 4 members (excludes halogenated alkanes) is 5.